The zero-order chi connectivity index (χ0) is 12.3. The standard InChI is InChI=1S/C13H14N2O2/c1-2-12-14-8-11(15-12)10-5-3-9(4-6-10)7-13(16)17/h3-6,8H,2,7H2,1H3,(H,14,15)(H,16,17). The molecular weight excluding hydrogens is 216 g/mol. The largest absolute Gasteiger partial charge is 0.481 e. The molecule has 4 heteroatoms. The predicted molar refractivity (Wildman–Crippen MR) is 64.7 cm³/mol. The van der Waals surface area contributed by atoms with E-state index in [9.17, 15) is 4.79 Å². The van der Waals surface area contributed by atoms with Gasteiger partial charge in [0, 0.05) is 18.2 Å². The van der Waals surface area contributed by atoms with Gasteiger partial charge in [-0.05, 0) is 5.56 Å². The van der Waals surface area contributed by atoms with Crippen LogP contribution in [0.3, 0.4) is 0 Å². The fourth-order valence-corrected chi connectivity index (χ4v) is 1.66. The van der Waals surface area contributed by atoms with E-state index in [0.29, 0.717) is 0 Å². The molecule has 0 spiro atoms. The quantitative estimate of drug-likeness (QED) is 0.846. The molecule has 17 heavy (non-hydrogen) atoms. The molecule has 0 unspecified atom stereocenters. The average Bonchev–Trinajstić information content (AvgIpc) is 2.78. The van der Waals surface area contributed by atoms with Gasteiger partial charge in [-0.15, -0.1) is 0 Å². The number of carboxylic acids is 1. The Balaban J connectivity index is 2.19. The molecule has 0 atom stereocenters. The summed E-state index contributed by atoms with van der Waals surface area (Å²) in [5.41, 5.74) is 2.69. The SMILES string of the molecule is CCc1nc(-c2ccc(CC(=O)O)cc2)c[nH]1. The highest BCUT2D eigenvalue weighted by molar-refractivity contribution is 5.70. The number of aryl methyl sites for hydroxylation is 1. The van der Waals surface area contributed by atoms with Crippen molar-refractivity contribution in [2.75, 3.05) is 0 Å². The minimum atomic E-state index is -0.814. The summed E-state index contributed by atoms with van der Waals surface area (Å²) in [4.78, 5) is 18.1. The smallest absolute Gasteiger partial charge is 0.307 e. The summed E-state index contributed by atoms with van der Waals surface area (Å²) in [6.45, 7) is 2.04. The van der Waals surface area contributed by atoms with Gasteiger partial charge in [0.15, 0.2) is 0 Å². The lowest BCUT2D eigenvalue weighted by Gasteiger charge is -1.99. The number of aromatic amines is 1. The first-order valence-corrected chi connectivity index (χ1v) is 5.54. The maximum absolute atomic E-state index is 10.5. The number of hydrogen-bond donors (Lipinski definition) is 2. The van der Waals surface area contributed by atoms with Crippen molar-refractivity contribution >= 4 is 5.97 Å². The second kappa shape index (κ2) is 4.82. The van der Waals surface area contributed by atoms with Crippen molar-refractivity contribution in [2.24, 2.45) is 0 Å². The number of aliphatic carboxylic acids is 1. The maximum atomic E-state index is 10.5. The van der Waals surface area contributed by atoms with Crippen LogP contribution in [0, 0.1) is 0 Å². The van der Waals surface area contributed by atoms with E-state index in [1.807, 2.05) is 37.4 Å². The molecule has 2 rings (SSSR count). The van der Waals surface area contributed by atoms with Crippen LogP contribution in [0.4, 0.5) is 0 Å². The van der Waals surface area contributed by atoms with Gasteiger partial charge in [-0.1, -0.05) is 31.2 Å². The van der Waals surface area contributed by atoms with E-state index in [1.165, 1.54) is 0 Å². The monoisotopic (exact) mass is 230 g/mol. The summed E-state index contributed by atoms with van der Waals surface area (Å²) >= 11 is 0. The Morgan fingerprint density at radius 2 is 2.06 bits per heavy atom. The third-order valence-electron chi connectivity index (χ3n) is 2.57. The van der Waals surface area contributed by atoms with Gasteiger partial charge in [0.25, 0.3) is 0 Å². The maximum Gasteiger partial charge on any atom is 0.307 e. The number of hydrogen-bond acceptors (Lipinski definition) is 2. The highest BCUT2D eigenvalue weighted by Crippen LogP contribution is 2.18. The zero-order valence-corrected chi connectivity index (χ0v) is 9.60. The Hall–Kier alpha value is -2.10. The first-order chi connectivity index (χ1) is 8.19. The third-order valence-corrected chi connectivity index (χ3v) is 2.57. The Bertz CT molecular complexity index is 514. The minimum absolute atomic E-state index is 0.0566. The first-order valence-electron chi connectivity index (χ1n) is 5.54. The summed E-state index contributed by atoms with van der Waals surface area (Å²) in [6.07, 6.45) is 2.79. The van der Waals surface area contributed by atoms with Crippen LogP contribution in [0.1, 0.15) is 18.3 Å². The number of rotatable bonds is 4. The van der Waals surface area contributed by atoms with Gasteiger partial charge in [-0.25, -0.2) is 4.98 Å². The van der Waals surface area contributed by atoms with E-state index in [1.54, 1.807) is 0 Å². The van der Waals surface area contributed by atoms with Gasteiger partial charge >= 0.3 is 5.97 Å². The molecule has 0 aliphatic carbocycles. The van der Waals surface area contributed by atoms with E-state index in [4.69, 9.17) is 5.11 Å². The van der Waals surface area contributed by atoms with Gasteiger partial charge in [0.2, 0.25) is 0 Å². The Labute approximate surface area is 99.3 Å². The zero-order valence-electron chi connectivity index (χ0n) is 9.60. The number of carbonyl (C=O) groups is 1. The lowest BCUT2D eigenvalue weighted by Crippen LogP contribution is -1.99. The van der Waals surface area contributed by atoms with E-state index in [2.05, 4.69) is 9.97 Å². The van der Waals surface area contributed by atoms with Crippen LogP contribution in [-0.2, 0) is 17.6 Å². The number of imidazole rings is 1. The molecule has 1 aromatic carbocycles. The van der Waals surface area contributed by atoms with Gasteiger partial charge in [-0.2, -0.15) is 0 Å². The fraction of sp³-hybridized carbons (Fsp3) is 0.231. The molecule has 88 valence electrons. The van der Waals surface area contributed by atoms with Crippen molar-refractivity contribution in [3.05, 3.63) is 41.9 Å². The molecule has 1 heterocycles. The highest BCUT2D eigenvalue weighted by Gasteiger charge is 2.04. The van der Waals surface area contributed by atoms with Crippen molar-refractivity contribution < 1.29 is 9.90 Å². The van der Waals surface area contributed by atoms with Gasteiger partial charge < -0.3 is 10.1 Å². The van der Waals surface area contributed by atoms with Crippen LogP contribution in [-0.4, -0.2) is 21.0 Å². The van der Waals surface area contributed by atoms with Gasteiger partial charge in [0.1, 0.15) is 5.82 Å². The van der Waals surface area contributed by atoms with Crippen molar-refractivity contribution in [1.29, 1.82) is 0 Å². The lowest BCUT2D eigenvalue weighted by molar-refractivity contribution is -0.136. The molecule has 2 N–H and O–H groups in total. The number of nitrogens with zero attached hydrogens (tertiary/aromatic N) is 1. The molecule has 0 aliphatic heterocycles. The van der Waals surface area contributed by atoms with Gasteiger partial charge in [0.05, 0.1) is 12.1 Å². The van der Waals surface area contributed by atoms with Crippen LogP contribution in [0.5, 0.6) is 0 Å². The average molecular weight is 230 g/mol. The van der Waals surface area contributed by atoms with E-state index >= 15 is 0 Å². The van der Waals surface area contributed by atoms with Crippen LogP contribution < -0.4 is 0 Å². The molecule has 0 radical (unpaired) electrons. The van der Waals surface area contributed by atoms with Crippen molar-refractivity contribution in [3.8, 4) is 11.3 Å². The molecule has 0 saturated heterocycles. The summed E-state index contributed by atoms with van der Waals surface area (Å²) in [5.74, 6) is 0.139. The number of aromatic nitrogens is 2. The van der Waals surface area contributed by atoms with Crippen molar-refractivity contribution in [1.82, 2.24) is 9.97 Å². The summed E-state index contributed by atoms with van der Waals surface area (Å²) in [5, 5.41) is 8.67. The third kappa shape index (κ3) is 2.72. The molecule has 0 aliphatic rings. The number of H-pyrrole nitrogens is 1. The topological polar surface area (TPSA) is 66.0 Å². The predicted octanol–water partition coefficient (Wildman–Crippen LogP) is 2.27. The fourth-order valence-electron chi connectivity index (χ4n) is 1.66. The lowest BCUT2D eigenvalue weighted by atomic mass is 10.1. The van der Waals surface area contributed by atoms with Gasteiger partial charge in [-0.3, -0.25) is 4.79 Å². The number of benzene rings is 1. The molecule has 0 amide bonds. The molecular formula is C13H14N2O2. The van der Waals surface area contributed by atoms with E-state index in [-0.39, 0.29) is 6.42 Å². The second-order valence-corrected chi connectivity index (χ2v) is 3.85. The van der Waals surface area contributed by atoms with Crippen molar-refractivity contribution in [2.45, 2.75) is 19.8 Å². The Kier molecular flexibility index (Phi) is 3.23. The molecule has 0 fully saturated rings. The summed E-state index contributed by atoms with van der Waals surface area (Å²) < 4.78 is 0. The van der Waals surface area contributed by atoms with E-state index < -0.39 is 5.97 Å². The molecule has 1 aromatic heterocycles. The van der Waals surface area contributed by atoms with Crippen molar-refractivity contribution in [3.63, 3.8) is 0 Å². The van der Waals surface area contributed by atoms with Crippen LogP contribution in [0.25, 0.3) is 11.3 Å². The molecule has 0 bridgehead atoms. The molecule has 0 saturated carbocycles. The number of nitrogens with one attached hydrogen (secondary N) is 1. The first kappa shape index (κ1) is 11.4. The summed E-state index contributed by atoms with van der Waals surface area (Å²) in [7, 11) is 0. The van der Waals surface area contributed by atoms with Crippen LogP contribution in [0.2, 0.25) is 0 Å². The Morgan fingerprint density at radius 3 is 2.59 bits per heavy atom. The Morgan fingerprint density at radius 1 is 1.35 bits per heavy atom. The molecule has 4 nitrogen and oxygen atoms in total. The second-order valence-electron chi connectivity index (χ2n) is 3.85. The minimum Gasteiger partial charge on any atom is -0.481 e. The molecule has 2 aromatic rings. The summed E-state index contributed by atoms with van der Waals surface area (Å²) in [6, 6.07) is 7.44. The highest BCUT2D eigenvalue weighted by atomic mass is 16.4. The number of carboxylic acid groups (broad SMARTS) is 1. The van der Waals surface area contributed by atoms with Crippen LogP contribution >= 0.6 is 0 Å². The normalized spacial score (nSPS) is 10.4. The van der Waals surface area contributed by atoms with Crippen LogP contribution in [0.15, 0.2) is 30.5 Å². The van der Waals surface area contributed by atoms with E-state index in [0.717, 1.165) is 29.1 Å².